The molecule has 1 aromatic heterocycles. The Hall–Kier alpha value is -2.67. The molecule has 4 N–H and O–H groups in total. The average Bonchev–Trinajstić information content (AvgIpc) is 2.53. The van der Waals surface area contributed by atoms with Crippen molar-refractivity contribution in [1.29, 1.82) is 0 Å². The van der Waals surface area contributed by atoms with Gasteiger partial charge in [0.25, 0.3) is 0 Å². The number of ether oxygens (including phenoxy) is 1. The predicted molar refractivity (Wildman–Crippen MR) is 91.8 cm³/mol. The van der Waals surface area contributed by atoms with Crippen molar-refractivity contribution < 1.29 is 13.9 Å². The molecule has 0 amide bonds. The molecule has 0 fully saturated rings. The molecule has 1 aromatic carbocycles. The van der Waals surface area contributed by atoms with Crippen LogP contribution >= 0.6 is 0 Å². The predicted octanol–water partition coefficient (Wildman–Crippen LogP) is 2.74. The fourth-order valence-corrected chi connectivity index (χ4v) is 2.08. The molecular weight excluding hydrogens is 311 g/mol. The highest BCUT2D eigenvalue weighted by molar-refractivity contribution is 5.90. The van der Waals surface area contributed by atoms with Crippen LogP contribution in [0.25, 0.3) is 11.3 Å². The van der Waals surface area contributed by atoms with E-state index in [0.717, 1.165) is 0 Å². The molecule has 0 saturated heterocycles. The Morgan fingerprint density at radius 1 is 1.25 bits per heavy atom. The lowest BCUT2D eigenvalue weighted by molar-refractivity contribution is 0.0595. The summed E-state index contributed by atoms with van der Waals surface area (Å²) in [6, 6.07) is 7.51. The van der Waals surface area contributed by atoms with E-state index in [2.05, 4.69) is 9.72 Å². The zero-order chi connectivity index (χ0) is 18.1. The molecule has 0 unspecified atom stereocenters. The lowest BCUT2D eigenvalue weighted by atomic mass is 10.1. The largest absolute Gasteiger partial charge is 0.465 e. The first-order valence-electron chi connectivity index (χ1n) is 7.35. The highest BCUT2D eigenvalue weighted by atomic mass is 19.1. The van der Waals surface area contributed by atoms with Crippen LogP contribution in [0.5, 0.6) is 0 Å². The van der Waals surface area contributed by atoms with E-state index in [0.29, 0.717) is 22.8 Å². The molecule has 7 heteroatoms. The Morgan fingerprint density at radius 3 is 2.46 bits per heavy atom. The van der Waals surface area contributed by atoms with Crippen LogP contribution in [0.1, 0.15) is 31.1 Å². The molecule has 0 bridgehead atoms. The molecule has 24 heavy (non-hydrogen) atoms. The van der Waals surface area contributed by atoms with Crippen LogP contribution in [0, 0.1) is 5.82 Å². The van der Waals surface area contributed by atoms with Crippen LogP contribution in [-0.4, -0.2) is 23.6 Å². The number of hydrogen-bond acceptors (Lipinski definition) is 6. The number of halogens is 1. The van der Waals surface area contributed by atoms with Crippen LogP contribution in [0.15, 0.2) is 30.3 Å². The number of aromatic nitrogens is 1. The number of methoxy groups -OCH3 is 1. The molecule has 0 saturated carbocycles. The van der Waals surface area contributed by atoms with Gasteiger partial charge in [-0.25, -0.2) is 20.0 Å². The van der Waals surface area contributed by atoms with E-state index in [4.69, 9.17) is 11.6 Å². The smallest absolute Gasteiger partial charge is 0.340 e. The molecule has 2 aromatic rings. The van der Waals surface area contributed by atoms with E-state index in [-0.39, 0.29) is 11.1 Å². The Labute approximate surface area is 140 Å². The van der Waals surface area contributed by atoms with E-state index < -0.39 is 11.8 Å². The standard InChI is InChI=1S/C17H21FN4O2/c1-17(2,3)22(20)15-13(19)7-8-14(21-15)10-5-6-11(12(18)9-10)16(23)24-4/h5-9H,19-20H2,1-4H3. The van der Waals surface area contributed by atoms with Crippen molar-refractivity contribution in [2.45, 2.75) is 26.3 Å². The first-order chi connectivity index (χ1) is 11.1. The van der Waals surface area contributed by atoms with Gasteiger partial charge in [-0.05, 0) is 45.0 Å². The van der Waals surface area contributed by atoms with Gasteiger partial charge in [0.1, 0.15) is 5.82 Å². The number of benzene rings is 1. The van der Waals surface area contributed by atoms with E-state index in [9.17, 15) is 9.18 Å². The molecule has 0 aliphatic heterocycles. The van der Waals surface area contributed by atoms with Gasteiger partial charge in [0, 0.05) is 11.1 Å². The Bertz CT molecular complexity index is 772. The van der Waals surface area contributed by atoms with Gasteiger partial charge >= 0.3 is 5.97 Å². The van der Waals surface area contributed by atoms with Crippen LogP contribution in [0.3, 0.4) is 0 Å². The molecule has 0 radical (unpaired) electrons. The second-order valence-corrected chi connectivity index (χ2v) is 6.34. The number of hydrogen-bond donors (Lipinski definition) is 2. The SMILES string of the molecule is COC(=O)c1ccc(-c2ccc(N)c(N(N)C(C)(C)C)n2)cc1F. The first-order valence-corrected chi connectivity index (χ1v) is 7.35. The van der Waals surface area contributed by atoms with Gasteiger partial charge in [0.2, 0.25) is 0 Å². The summed E-state index contributed by atoms with van der Waals surface area (Å²) in [6.45, 7) is 5.77. The molecule has 128 valence electrons. The van der Waals surface area contributed by atoms with Crippen molar-refractivity contribution in [2.75, 3.05) is 17.9 Å². The number of nitrogen functional groups attached to an aromatic ring is 1. The number of rotatable bonds is 3. The minimum absolute atomic E-state index is 0.132. The molecule has 1 heterocycles. The van der Waals surface area contributed by atoms with Crippen LogP contribution in [0.2, 0.25) is 0 Å². The highest BCUT2D eigenvalue weighted by Gasteiger charge is 2.22. The molecule has 0 spiro atoms. The maximum atomic E-state index is 14.1. The van der Waals surface area contributed by atoms with Gasteiger partial charge in [-0.3, -0.25) is 5.01 Å². The van der Waals surface area contributed by atoms with Gasteiger partial charge in [0.15, 0.2) is 5.82 Å². The maximum Gasteiger partial charge on any atom is 0.340 e. The molecule has 2 rings (SSSR count). The van der Waals surface area contributed by atoms with E-state index in [1.165, 1.54) is 24.3 Å². The Morgan fingerprint density at radius 2 is 1.92 bits per heavy atom. The van der Waals surface area contributed by atoms with E-state index in [1.54, 1.807) is 18.2 Å². The Kier molecular flexibility index (Phi) is 4.75. The summed E-state index contributed by atoms with van der Waals surface area (Å²) in [5.74, 6) is 5.08. The minimum Gasteiger partial charge on any atom is -0.465 e. The molecule has 0 aliphatic rings. The second kappa shape index (κ2) is 6.45. The molecule has 0 atom stereocenters. The third-order valence-electron chi connectivity index (χ3n) is 3.53. The number of anilines is 2. The number of carbonyl (C=O) groups is 1. The van der Waals surface area contributed by atoms with Gasteiger partial charge in [-0.1, -0.05) is 6.07 Å². The summed E-state index contributed by atoms with van der Waals surface area (Å²) in [5, 5.41) is 1.46. The average molecular weight is 332 g/mol. The van der Waals surface area contributed by atoms with Crippen LogP contribution < -0.4 is 16.6 Å². The topological polar surface area (TPSA) is 94.5 Å². The first kappa shape index (κ1) is 17.7. The van der Waals surface area contributed by atoms with Crippen molar-refractivity contribution >= 4 is 17.5 Å². The summed E-state index contributed by atoms with van der Waals surface area (Å²) in [7, 11) is 1.20. The van der Waals surface area contributed by atoms with Crippen molar-refractivity contribution in [2.24, 2.45) is 5.84 Å². The zero-order valence-electron chi connectivity index (χ0n) is 14.1. The van der Waals surface area contributed by atoms with E-state index in [1.807, 2.05) is 20.8 Å². The van der Waals surface area contributed by atoms with Crippen molar-refractivity contribution in [3.05, 3.63) is 41.7 Å². The summed E-state index contributed by atoms with van der Waals surface area (Å²) >= 11 is 0. The summed E-state index contributed by atoms with van der Waals surface area (Å²) < 4.78 is 18.6. The van der Waals surface area contributed by atoms with Gasteiger partial charge < -0.3 is 10.5 Å². The number of carbonyl (C=O) groups excluding carboxylic acids is 1. The lowest BCUT2D eigenvalue weighted by Gasteiger charge is -2.33. The van der Waals surface area contributed by atoms with Gasteiger partial charge in [-0.2, -0.15) is 0 Å². The van der Waals surface area contributed by atoms with Crippen molar-refractivity contribution in [3.63, 3.8) is 0 Å². The third kappa shape index (κ3) is 3.46. The van der Waals surface area contributed by atoms with Crippen LogP contribution in [-0.2, 0) is 4.74 Å². The van der Waals surface area contributed by atoms with Crippen molar-refractivity contribution in [3.8, 4) is 11.3 Å². The molecule has 0 aliphatic carbocycles. The summed E-state index contributed by atoms with van der Waals surface area (Å²) in [4.78, 5) is 15.9. The minimum atomic E-state index is -0.731. The van der Waals surface area contributed by atoms with Gasteiger partial charge in [0.05, 0.1) is 24.1 Å². The van der Waals surface area contributed by atoms with Crippen molar-refractivity contribution in [1.82, 2.24) is 4.98 Å². The number of pyridine rings is 1. The quantitative estimate of drug-likeness (QED) is 0.510. The molecular formula is C17H21FN4O2. The fraction of sp³-hybridized carbons (Fsp3) is 0.294. The number of hydrazine groups is 1. The fourth-order valence-electron chi connectivity index (χ4n) is 2.08. The maximum absolute atomic E-state index is 14.1. The summed E-state index contributed by atoms with van der Waals surface area (Å²) in [6.07, 6.45) is 0. The lowest BCUT2D eigenvalue weighted by Crippen LogP contribution is -2.47. The van der Waals surface area contributed by atoms with E-state index >= 15 is 0 Å². The number of nitrogens with zero attached hydrogens (tertiary/aromatic N) is 2. The third-order valence-corrected chi connectivity index (χ3v) is 3.53. The second-order valence-electron chi connectivity index (χ2n) is 6.34. The number of esters is 1. The zero-order valence-corrected chi connectivity index (χ0v) is 14.1. The summed E-state index contributed by atoms with van der Waals surface area (Å²) in [5.41, 5.74) is 6.85. The molecule has 6 nitrogen and oxygen atoms in total. The number of nitrogens with two attached hydrogens (primary N) is 2. The van der Waals surface area contributed by atoms with Gasteiger partial charge in [-0.15, -0.1) is 0 Å². The highest BCUT2D eigenvalue weighted by Crippen LogP contribution is 2.29. The normalized spacial score (nSPS) is 11.2. The Balaban J connectivity index is 2.47. The van der Waals surface area contributed by atoms with Crippen LogP contribution in [0.4, 0.5) is 15.9 Å². The monoisotopic (exact) mass is 332 g/mol.